The maximum atomic E-state index is 12.9. The van der Waals surface area contributed by atoms with Crippen LogP contribution in [0, 0.1) is 0 Å². The summed E-state index contributed by atoms with van der Waals surface area (Å²) in [6, 6.07) is 9.58. The number of aliphatic hydroxyl groups excluding tert-OH is 1. The van der Waals surface area contributed by atoms with Crippen LogP contribution in [0.15, 0.2) is 67.0 Å². The number of Topliss-reactive ketones (excluding diaryl/α,β-unsaturated/α-hetero) is 1. The molecule has 1 N–H and O–H groups in total. The summed E-state index contributed by atoms with van der Waals surface area (Å²) in [6.45, 7) is 5.16. The Balaban J connectivity index is 2.00. The molecule has 1 aromatic carbocycles. The van der Waals surface area contributed by atoms with Crippen molar-refractivity contribution in [2.45, 2.75) is 12.5 Å². The zero-order valence-corrected chi connectivity index (χ0v) is 17.8. The molecule has 2 heterocycles. The van der Waals surface area contributed by atoms with E-state index in [4.69, 9.17) is 4.74 Å². The van der Waals surface area contributed by atoms with E-state index in [1.54, 1.807) is 54.9 Å². The fraction of sp³-hybridized carbons (Fsp3) is 0.292. The van der Waals surface area contributed by atoms with Crippen molar-refractivity contribution in [2.75, 3.05) is 33.8 Å². The highest BCUT2D eigenvalue weighted by Gasteiger charge is 2.45. The summed E-state index contributed by atoms with van der Waals surface area (Å²) in [7, 11) is 3.91. The summed E-state index contributed by atoms with van der Waals surface area (Å²) in [5, 5.41) is 11.0. The normalized spacial score (nSPS) is 17.9. The number of carbonyl (C=O) groups excluding carboxylic acids is 2. The Morgan fingerprint density at radius 3 is 2.48 bits per heavy atom. The van der Waals surface area contributed by atoms with Crippen LogP contribution >= 0.6 is 0 Å². The average molecular weight is 421 g/mol. The molecule has 0 bridgehead atoms. The van der Waals surface area contributed by atoms with Gasteiger partial charge in [-0.25, -0.2) is 0 Å². The molecular weight excluding hydrogens is 394 g/mol. The number of amides is 1. The van der Waals surface area contributed by atoms with E-state index in [-0.39, 0.29) is 11.3 Å². The first-order chi connectivity index (χ1) is 14.9. The molecule has 0 radical (unpaired) electrons. The molecule has 7 heteroatoms. The number of pyridine rings is 1. The largest absolute Gasteiger partial charge is 0.507 e. The van der Waals surface area contributed by atoms with Crippen LogP contribution < -0.4 is 4.74 Å². The molecule has 1 amide bonds. The van der Waals surface area contributed by atoms with E-state index in [1.807, 2.05) is 19.0 Å². The molecule has 0 unspecified atom stereocenters. The highest BCUT2D eigenvalue weighted by molar-refractivity contribution is 6.46. The molecule has 3 rings (SSSR count). The van der Waals surface area contributed by atoms with Gasteiger partial charge in [-0.05, 0) is 69.0 Å². The zero-order chi connectivity index (χ0) is 22.4. The van der Waals surface area contributed by atoms with Gasteiger partial charge in [-0.3, -0.25) is 14.6 Å². The lowest BCUT2D eigenvalue weighted by Crippen LogP contribution is -2.32. The van der Waals surface area contributed by atoms with Crippen molar-refractivity contribution < 1.29 is 19.4 Å². The van der Waals surface area contributed by atoms with Gasteiger partial charge >= 0.3 is 0 Å². The Kier molecular flexibility index (Phi) is 7.20. The van der Waals surface area contributed by atoms with Crippen molar-refractivity contribution in [2.24, 2.45) is 0 Å². The van der Waals surface area contributed by atoms with Gasteiger partial charge in [0.15, 0.2) is 0 Å². The number of aromatic nitrogens is 1. The molecule has 1 aromatic heterocycles. The lowest BCUT2D eigenvalue weighted by atomic mass is 9.96. The Hall–Kier alpha value is -3.45. The molecule has 1 aliphatic heterocycles. The first kappa shape index (κ1) is 22.2. The predicted octanol–water partition coefficient (Wildman–Crippen LogP) is 3.02. The van der Waals surface area contributed by atoms with Gasteiger partial charge < -0.3 is 19.6 Å². The number of hydrogen-bond donors (Lipinski definition) is 1. The number of rotatable bonds is 9. The summed E-state index contributed by atoms with van der Waals surface area (Å²) >= 11 is 0. The Labute approximate surface area is 182 Å². The molecule has 0 aliphatic carbocycles. The first-order valence-electron chi connectivity index (χ1n) is 10.1. The number of hydrogen-bond acceptors (Lipinski definition) is 6. The summed E-state index contributed by atoms with van der Waals surface area (Å²) in [5.74, 6) is -0.874. The second-order valence-corrected chi connectivity index (χ2v) is 7.55. The van der Waals surface area contributed by atoms with E-state index in [0.717, 1.165) is 12.1 Å². The average Bonchev–Trinajstić information content (AvgIpc) is 3.03. The molecule has 1 aliphatic rings. The maximum Gasteiger partial charge on any atom is 0.295 e. The van der Waals surface area contributed by atoms with Crippen LogP contribution in [0.5, 0.6) is 5.75 Å². The van der Waals surface area contributed by atoms with E-state index in [0.29, 0.717) is 30.9 Å². The number of ether oxygens (including phenoxy) is 1. The van der Waals surface area contributed by atoms with Crippen LogP contribution in [0.3, 0.4) is 0 Å². The number of benzene rings is 1. The Bertz CT molecular complexity index is 968. The van der Waals surface area contributed by atoms with Gasteiger partial charge in [-0.2, -0.15) is 0 Å². The van der Waals surface area contributed by atoms with Gasteiger partial charge in [-0.1, -0.05) is 12.7 Å². The van der Waals surface area contributed by atoms with Crippen molar-refractivity contribution in [1.29, 1.82) is 0 Å². The minimum absolute atomic E-state index is 0.0841. The zero-order valence-electron chi connectivity index (χ0n) is 17.8. The van der Waals surface area contributed by atoms with Gasteiger partial charge in [0.25, 0.3) is 11.7 Å². The highest BCUT2D eigenvalue weighted by atomic mass is 16.5. The lowest BCUT2D eigenvalue weighted by molar-refractivity contribution is -0.139. The quantitative estimate of drug-likeness (QED) is 0.290. The van der Waals surface area contributed by atoms with Crippen LogP contribution in [-0.4, -0.2) is 65.4 Å². The van der Waals surface area contributed by atoms with Crippen LogP contribution in [-0.2, 0) is 9.59 Å². The standard InChI is InChI=1S/C24H27N3O4/c1-4-16-31-19-8-6-18(7-9-19)22(28)20-21(17-10-12-25-13-11-17)27(24(30)23(20)29)15-5-14-26(2)3/h4,6-13,21,28H,1,5,14-16H2,2-3H3/t21-/m0/s1. The van der Waals surface area contributed by atoms with Crippen molar-refractivity contribution >= 4 is 17.4 Å². The van der Waals surface area contributed by atoms with Gasteiger partial charge in [0, 0.05) is 24.5 Å². The topological polar surface area (TPSA) is 83.0 Å². The van der Waals surface area contributed by atoms with Crippen LogP contribution in [0.4, 0.5) is 0 Å². The molecule has 2 aromatic rings. The van der Waals surface area contributed by atoms with Gasteiger partial charge in [0.1, 0.15) is 18.1 Å². The monoisotopic (exact) mass is 421 g/mol. The van der Waals surface area contributed by atoms with Crippen LogP contribution in [0.1, 0.15) is 23.6 Å². The molecule has 0 spiro atoms. The molecule has 0 saturated carbocycles. The van der Waals surface area contributed by atoms with Crippen molar-refractivity contribution in [3.63, 3.8) is 0 Å². The van der Waals surface area contributed by atoms with Crippen LogP contribution in [0.2, 0.25) is 0 Å². The molecule has 1 atom stereocenters. The molecule has 162 valence electrons. The van der Waals surface area contributed by atoms with Gasteiger partial charge in [-0.15, -0.1) is 0 Å². The third-order valence-corrected chi connectivity index (χ3v) is 5.06. The minimum Gasteiger partial charge on any atom is -0.507 e. The summed E-state index contributed by atoms with van der Waals surface area (Å²) in [4.78, 5) is 33.4. The number of likely N-dealkylation sites (tertiary alicyclic amines) is 1. The maximum absolute atomic E-state index is 12.9. The Morgan fingerprint density at radius 2 is 1.87 bits per heavy atom. The lowest BCUT2D eigenvalue weighted by Gasteiger charge is -2.25. The number of carbonyl (C=O) groups is 2. The van der Waals surface area contributed by atoms with E-state index in [2.05, 4.69) is 11.6 Å². The number of ketones is 1. The second-order valence-electron chi connectivity index (χ2n) is 7.55. The van der Waals surface area contributed by atoms with Crippen molar-refractivity contribution in [3.05, 3.63) is 78.1 Å². The fourth-order valence-electron chi connectivity index (χ4n) is 3.58. The van der Waals surface area contributed by atoms with Gasteiger partial charge in [0.05, 0.1) is 11.6 Å². The Morgan fingerprint density at radius 1 is 1.19 bits per heavy atom. The predicted molar refractivity (Wildman–Crippen MR) is 119 cm³/mol. The van der Waals surface area contributed by atoms with Crippen LogP contribution in [0.25, 0.3) is 5.76 Å². The van der Waals surface area contributed by atoms with E-state index in [9.17, 15) is 14.7 Å². The smallest absolute Gasteiger partial charge is 0.295 e. The van der Waals surface area contributed by atoms with Crippen molar-refractivity contribution in [3.8, 4) is 5.75 Å². The molecular formula is C24H27N3O4. The summed E-state index contributed by atoms with van der Waals surface area (Å²) in [5.41, 5.74) is 1.25. The third kappa shape index (κ3) is 5.00. The third-order valence-electron chi connectivity index (χ3n) is 5.06. The summed E-state index contributed by atoms with van der Waals surface area (Å²) in [6.07, 6.45) is 5.57. The second kappa shape index (κ2) is 10.0. The van der Waals surface area contributed by atoms with E-state index in [1.165, 1.54) is 4.90 Å². The molecule has 31 heavy (non-hydrogen) atoms. The van der Waals surface area contributed by atoms with E-state index < -0.39 is 17.7 Å². The molecule has 1 fully saturated rings. The molecule has 1 saturated heterocycles. The number of nitrogens with zero attached hydrogens (tertiary/aromatic N) is 3. The fourth-order valence-corrected chi connectivity index (χ4v) is 3.58. The highest BCUT2D eigenvalue weighted by Crippen LogP contribution is 2.39. The molecule has 7 nitrogen and oxygen atoms in total. The minimum atomic E-state index is -0.684. The van der Waals surface area contributed by atoms with Crippen molar-refractivity contribution in [1.82, 2.24) is 14.8 Å². The first-order valence-corrected chi connectivity index (χ1v) is 10.1. The van der Waals surface area contributed by atoms with E-state index >= 15 is 0 Å². The summed E-state index contributed by atoms with van der Waals surface area (Å²) < 4.78 is 5.47. The van der Waals surface area contributed by atoms with Gasteiger partial charge in [0.2, 0.25) is 0 Å². The SMILES string of the molecule is C=CCOc1ccc(C(O)=C2C(=O)C(=O)N(CCCN(C)C)[C@H]2c2ccncc2)cc1. The number of aliphatic hydroxyl groups is 1.